The fraction of sp³-hybridized carbons (Fsp3) is 0.857. The van der Waals surface area contributed by atoms with Crippen molar-refractivity contribution in [3.8, 4) is 0 Å². The Bertz CT molecular complexity index is 356. The predicted molar refractivity (Wildman–Crippen MR) is 71.4 cm³/mol. The van der Waals surface area contributed by atoms with Crippen LogP contribution in [-0.4, -0.2) is 16.7 Å². The molecule has 4 nitrogen and oxygen atoms in total. The zero-order valence-electron chi connectivity index (χ0n) is 11.6. The summed E-state index contributed by atoms with van der Waals surface area (Å²) in [5, 5.41) is 4.17. The van der Waals surface area contributed by atoms with Crippen molar-refractivity contribution in [1.29, 1.82) is 0 Å². The highest BCUT2D eigenvalue weighted by Crippen LogP contribution is 2.34. The highest BCUT2D eigenvalue weighted by molar-refractivity contribution is 5.01. The predicted octanol–water partition coefficient (Wildman–Crippen LogP) is 3.21. The quantitative estimate of drug-likeness (QED) is 0.872. The van der Waals surface area contributed by atoms with Crippen LogP contribution in [-0.2, 0) is 0 Å². The molecule has 0 radical (unpaired) electrons. The summed E-state index contributed by atoms with van der Waals surface area (Å²) in [6, 6.07) is 0. The molecule has 1 aromatic rings. The molecule has 1 aliphatic carbocycles. The number of aromatic nitrogens is 2. The van der Waals surface area contributed by atoms with Gasteiger partial charge in [-0.1, -0.05) is 38.3 Å². The molecule has 1 atom stereocenters. The van der Waals surface area contributed by atoms with Crippen LogP contribution in [0.25, 0.3) is 0 Å². The SMILES string of the molecule is CCCC(CN)c1nc(C2CCC(C)CC2)no1. The van der Waals surface area contributed by atoms with Crippen molar-refractivity contribution in [2.45, 2.75) is 64.2 Å². The maximum Gasteiger partial charge on any atom is 0.231 e. The van der Waals surface area contributed by atoms with Gasteiger partial charge in [0.05, 0.1) is 5.92 Å². The minimum absolute atomic E-state index is 0.235. The standard InChI is InChI=1S/C14H25N3O/c1-3-4-12(9-15)14-16-13(17-18-14)11-7-5-10(2)6-8-11/h10-12H,3-9,15H2,1-2H3. The topological polar surface area (TPSA) is 64.9 Å². The summed E-state index contributed by atoms with van der Waals surface area (Å²) in [5.41, 5.74) is 5.77. The Kier molecular flexibility index (Phi) is 4.75. The van der Waals surface area contributed by atoms with Crippen LogP contribution in [0.3, 0.4) is 0 Å². The highest BCUT2D eigenvalue weighted by Gasteiger charge is 2.25. The van der Waals surface area contributed by atoms with E-state index in [1.807, 2.05) is 0 Å². The van der Waals surface area contributed by atoms with Gasteiger partial charge in [-0.2, -0.15) is 4.98 Å². The van der Waals surface area contributed by atoms with Crippen LogP contribution in [0.4, 0.5) is 0 Å². The van der Waals surface area contributed by atoms with Crippen LogP contribution in [0.2, 0.25) is 0 Å². The Hall–Kier alpha value is -0.900. The minimum Gasteiger partial charge on any atom is -0.339 e. The molecule has 1 aromatic heterocycles. The van der Waals surface area contributed by atoms with E-state index in [1.165, 1.54) is 25.7 Å². The lowest BCUT2D eigenvalue weighted by atomic mass is 9.83. The van der Waals surface area contributed by atoms with E-state index >= 15 is 0 Å². The van der Waals surface area contributed by atoms with Gasteiger partial charge in [0.15, 0.2) is 5.82 Å². The Morgan fingerprint density at radius 3 is 2.67 bits per heavy atom. The Morgan fingerprint density at radius 2 is 2.06 bits per heavy atom. The summed E-state index contributed by atoms with van der Waals surface area (Å²) in [5.74, 6) is 3.24. The molecule has 102 valence electrons. The molecule has 2 rings (SSSR count). The number of rotatable bonds is 5. The third kappa shape index (κ3) is 3.10. The van der Waals surface area contributed by atoms with Crippen molar-refractivity contribution >= 4 is 0 Å². The van der Waals surface area contributed by atoms with Crippen molar-refractivity contribution in [2.24, 2.45) is 11.7 Å². The van der Waals surface area contributed by atoms with Gasteiger partial charge >= 0.3 is 0 Å². The zero-order chi connectivity index (χ0) is 13.0. The maximum absolute atomic E-state index is 5.77. The second kappa shape index (κ2) is 6.32. The first-order valence-corrected chi connectivity index (χ1v) is 7.28. The van der Waals surface area contributed by atoms with Crippen LogP contribution in [0, 0.1) is 5.92 Å². The molecular weight excluding hydrogens is 226 g/mol. The van der Waals surface area contributed by atoms with Crippen molar-refractivity contribution < 1.29 is 4.52 Å². The average Bonchev–Trinajstić information content (AvgIpc) is 2.86. The second-order valence-electron chi connectivity index (χ2n) is 5.67. The molecule has 1 heterocycles. The van der Waals surface area contributed by atoms with E-state index in [9.17, 15) is 0 Å². The van der Waals surface area contributed by atoms with Gasteiger partial charge in [-0.3, -0.25) is 0 Å². The normalized spacial score (nSPS) is 26.2. The lowest BCUT2D eigenvalue weighted by molar-refractivity contribution is 0.317. The summed E-state index contributed by atoms with van der Waals surface area (Å²) >= 11 is 0. The molecule has 0 aromatic carbocycles. The maximum atomic E-state index is 5.77. The zero-order valence-corrected chi connectivity index (χ0v) is 11.6. The van der Waals surface area contributed by atoms with E-state index in [2.05, 4.69) is 24.0 Å². The first kappa shape index (κ1) is 13.5. The number of hydrogen-bond donors (Lipinski definition) is 1. The minimum atomic E-state index is 0.235. The van der Waals surface area contributed by atoms with E-state index in [4.69, 9.17) is 10.3 Å². The molecule has 4 heteroatoms. The van der Waals surface area contributed by atoms with E-state index in [0.29, 0.717) is 12.5 Å². The third-order valence-corrected chi connectivity index (χ3v) is 4.11. The van der Waals surface area contributed by atoms with Gasteiger partial charge in [-0.15, -0.1) is 0 Å². The average molecular weight is 251 g/mol. The fourth-order valence-electron chi connectivity index (χ4n) is 2.79. The van der Waals surface area contributed by atoms with E-state index in [0.717, 1.165) is 30.5 Å². The van der Waals surface area contributed by atoms with Crippen molar-refractivity contribution in [1.82, 2.24) is 10.1 Å². The molecule has 1 saturated carbocycles. The van der Waals surface area contributed by atoms with Crippen molar-refractivity contribution in [2.75, 3.05) is 6.54 Å². The Labute approximate surface area is 109 Å². The first-order valence-electron chi connectivity index (χ1n) is 7.28. The molecule has 1 unspecified atom stereocenters. The Morgan fingerprint density at radius 1 is 1.33 bits per heavy atom. The smallest absolute Gasteiger partial charge is 0.231 e. The van der Waals surface area contributed by atoms with E-state index in [-0.39, 0.29) is 5.92 Å². The summed E-state index contributed by atoms with van der Waals surface area (Å²) in [6.07, 6.45) is 7.08. The molecule has 2 N–H and O–H groups in total. The molecule has 0 aliphatic heterocycles. The Balaban J connectivity index is 2.00. The largest absolute Gasteiger partial charge is 0.339 e. The van der Waals surface area contributed by atoms with Gasteiger partial charge in [0.1, 0.15) is 0 Å². The van der Waals surface area contributed by atoms with Crippen LogP contribution in [0.1, 0.15) is 75.9 Å². The molecule has 0 amide bonds. The molecular formula is C14H25N3O. The van der Waals surface area contributed by atoms with Gasteiger partial charge < -0.3 is 10.3 Å². The molecule has 0 saturated heterocycles. The number of nitrogens with zero attached hydrogens (tertiary/aromatic N) is 2. The van der Waals surface area contributed by atoms with E-state index in [1.54, 1.807) is 0 Å². The summed E-state index contributed by atoms with van der Waals surface area (Å²) in [7, 11) is 0. The van der Waals surface area contributed by atoms with Crippen molar-refractivity contribution in [3.63, 3.8) is 0 Å². The lowest BCUT2D eigenvalue weighted by Gasteiger charge is -2.23. The highest BCUT2D eigenvalue weighted by atomic mass is 16.5. The van der Waals surface area contributed by atoms with E-state index < -0.39 is 0 Å². The number of nitrogens with two attached hydrogens (primary N) is 1. The van der Waals surface area contributed by atoms with Crippen LogP contribution < -0.4 is 5.73 Å². The van der Waals surface area contributed by atoms with Gasteiger partial charge in [0.2, 0.25) is 5.89 Å². The molecule has 0 spiro atoms. The first-order chi connectivity index (χ1) is 8.74. The summed E-state index contributed by atoms with van der Waals surface area (Å²) in [4.78, 5) is 4.59. The molecule has 1 fully saturated rings. The van der Waals surface area contributed by atoms with Crippen LogP contribution >= 0.6 is 0 Å². The lowest BCUT2D eigenvalue weighted by Crippen LogP contribution is -2.14. The second-order valence-corrected chi connectivity index (χ2v) is 5.67. The monoisotopic (exact) mass is 251 g/mol. The molecule has 18 heavy (non-hydrogen) atoms. The van der Waals surface area contributed by atoms with Gasteiger partial charge in [0.25, 0.3) is 0 Å². The summed E-state index contributed by atoms with van der Waals surface area (Å²) < 4.78 is 5.41. The van der Waals surface area contributed by atoms with Crippen LogP contribution in [0.15, 0.2) is 4.52 Å². The van der Waals surface area contributed by atoms with Gasteiger partial charge in [0, 0.05) is 12.5 Å². The van der Waals surface area contributed by atoms with Crippen LogP contribution in [0.5, 0.6) is 0 Å². The van der Waals surface area contributed by atoms with Gasteiger partial charge in [-0.25, -0.2) is 0 Å². The molecule has 1 aliphatic rings. The van der Waals surface area contributed by atoms with Crippen molar-refractivity contribution in [3.05, 3.63) is 11.7 Å². The number of hydrogen-bond acceptors (Lipinski definition) is 4. The van der Waals surface area contributed by atoms with Gasteiger partial charge in [-0.05, 0) is 25.2 Å². The summed E-state index contributed by atoms with van der Waals surface area (Å²) in [6.45, 7) is 5.07. The molecule has 0 bridgehead atoms. The third-order valence-electron chi connectivity index (χ3n) is 4.11. The fourth-order valence-corrected chi connectivity index (χ4v) is 2.79.